The monoisotopic (exact) mass is 643 g/mol. The Morgan fingerprint density at radius 1 is 1.19 bits per heavy atom. The summed E-state index contributed by atoms with van der Waals surface area (Å²) < 4.78 is 44.1. The Hall–Kier alpha value is -3.03. The average molecular weight is 643 g/mol. The Kier molecular flexibility index (Phi) is 8.01. The first-order valence-electron chi connectivity index (χ1n) is 12.5. The molecule has 0 amide bonds. The van der Waals surface area contributed by atoms with Gasteiger partial charge in [0.05, 0.1) is 30.9 Å². The van der Waals surface area contributed by atoms with Crippen molar-refractivity contribution in [3.8, 4) is 0 Å². The minimum atomic E-state index is -3.99. The van der Waals surface area contributed by atoms with Gasteiger partial charge in [0, 0.05) is 11.0 Å². The van der Waals surface area contributed by atoms with E-state index in [1.807, 2.05) is 0 Å². The van der Waals surface area contributed by atoms with Gasteiger partial charge in [-0.25, -0.2) is 19.5 Å². The number of nitrogen functional groups attached to an aromatic ring is 2. The van der Waals surface area contributed by atoms with Crippen molar-refractivity contribution >= 4 is 55.4 Å². The van der Waals surface area contributed by atoms with Crippen molar-refractivity contribution < 1.29 is 37.4 Å². The molecule has 0 radical (unpaired) electrons. The van der Waals surface area contributed by atoms with Gasteiger partial charge in [-0.2, -0.15) is 10.1 Å². The van der Waals surface area contributed by atoms with E-state index in [4.69, 9.17) is 34.5 Å². The molecule has 0 aromatic carbocycles. The van der Waals surface area contributed by atoms with Crippen LogP contribution in [0.25, 0.3) is 16.8 Å². The molecular formula is C20H25N10O9P2S+. The molecule has 2 unspecified atom stereocenters. The molecule has 6 heterocycles. The first-order valence-corrected chi connectivity index (χ1v) is 16.2. The van der Waals surface area contributed by atoms with E-state index in [9.17, 15) is 19.1 Å². The van der Waals surface area contributed by atoms with E-state index >= 15 is 0 Å². The van der Waals surface area contributed by atoms with Crippen molar-refractivity contribution in [3.05, 3.63) is 34.9 Å². The van der Waals surface area contributed by atoms with Gasteiger partial charge in [-0.3, -0.25) is 14.3 Å². The van der Waals surface area contributed by atoms with E-state index in [0.717, 1.165) is 0 Å². The lowest BCUT2D eigenvalue weighted by atomic mass is 10.1. The molecule has 2 fully saturated rings. The Balaban J connectivity index is 1.08. The lowest BCUT2D eigenvalue weighted by Gasteiger charge is -2.16. The zero-order valence-corrected chi connectivity index (χ0v) is 24.1. The molecule has 6 atom stereocenters. The maximum atomic E-state index is 12.8. The van der Waals surface area contributed by atoms with Gasteiger partial charge in [0.25, 0.3) is 5.56 Å². The van der Waals surface area contributed by atoms with Crippen LogP contribution in [0.3, 0.4) is 0 Å². The van der Waals surface area contributed by atoms with Gasteiger partial charge in [-0.1, -0.05) is 0 Å². The Morgan fingerprint density at radius 2 is 2.02 bits per heavy atom. The SMILES string of the molecule is Nc1nc2c(ncn2[C@H]2CC[C@@H](CO[P+](=O)OC3C[C@H](c4cnc5c(N)ncnn45)O[C@@H]3COP(O)(O)=S)O2)c(=O)[nH]1. The van der Waals surface area contributed by atoms with E-state index < -0.39 is 51.2 Å². The molecule has 2 saturated heterocycles. The summed E-state index contributed by atoms with van der Waals surface area (Å²) in [7, 11) is -2.65. The first-order chi connectivity index (χ1) is 20.1. The quantitative estimate of drug-likeness (QED) is 0.145. The Bertz CT molecular complexity index is 1740. The maximum Gasteiger partial charge on any atom is 0.697 e. The van der Waals surface area contributed by atoms with E-state index in [1.165, 1.54) is 23.4 Å². The summed E-state index contributed by atoms with van der Waals surface area (Å²) in [6.07, 6.45) is 2.26. The van der Waals surface area contributed by atoms with Gasteiger partial charge in [0.1, 0.15) is 37.5 Å². The van der Waals surface area contributed by atoms with Crippen molar-refractivity contribution in [2.45, 2.75) is 49.9 Å². The topological polar surface area (TPSA) is 262 Å². The van der Waals surface area contributed by atoms with Crippen LogP contribution >= 0.6 is 15.0 Å². The second-order valence-electron chi connectivity index (χ2n) is 9.48. The number of nitrogens with one attached hydrogen (secondary N) is 1. The van der Waals surface area contributed by atoms with Crippen molar-refractivity contribution in [2.24, 2.45) is 0 Å². The number of anilines is 2. The molecule has 0 aliphatic carbocycles. The molecule has 4 aromatic heterocycles. The highest BCUT2D eigenvalue weighted by Crippen LogP contribution is 2.43. The Morgan fingerprint density at radius 3 is 2.83 bits per heavy atom. The summed E-state index contributed by atoms with van der Waals surface area (Å²) >= 11 is 4.54. The van der Waals surface area contributed by atoms with Crippen LogP contribution in [0.1, 0.15) is 37.3 Å². The van der Waals surface area contributed by atoms with Gasteiger partial charge >= 0.3 is 15.0 Å². The molecule has 42 heavy (non-hydrogen) atoms. The minimum Gasteiger partial charge on any atom is -0.381 e. The lowest BCUT2D eigenvalue weighted by Crippen LogP contribution is -2.27. The number of ether oxygens (including phenoxy) is 2. The van der Waals surface area contributed by atoms with E-state index in [2.05, 4.69) is 41.8 Å². The van der Waals surface area contributed by atoms with Crippen molar-refractivity contribution in [2.75, 3.05) is 24.7 Å². The number of rotatable bonds is 10. The summed E-state index contributed by atoms with van der Waals surface area (Å²) in [4.78, 5) is 49.9. The summed E-state index contributed by atoms with van der Waals surface area (Å²) in [5.74, 6) is 0.131. The predicted octanol–water partition coefficient (Wildman–Crippen LogP) is 0.214. The van der Waals surface area contributed by atoms with Crippen molar-refractivity contribution in [1.82, 2.24) is 39.1 Å². The summed E-state index contributed by atoms with van der Waals surface area (Å²) in [5.41, 5.74) is 12.4. The normalized spacial score (nSPS) is 25.1. The molecule has 0 spiro atoms. The van der Waals surface area contributed by atoms with E-state index in [-0.39, 0.29) is 42.6 Å². The number of nitrogens with zero attached hydrogens (tertiary/aromatic N) is 7. The zero-order valence-electron chi connectivity index (χ0n) is 21.5. The number of hydrogen-bond acceptors (Lipinski definition) is 15. The van der Waals surface area contributed by atoms with E-state index in [0.29, 0.717) is 24.2 Å². The molecule has 4 aromatic rings. The van der Waals surface area contributed by atoms with Crippen LogP contribution in [0.2, 0.25) is 0 Å². The maximum absolute atomic E-state index is 12.8. The number of imidazole rings is 2. The number of aromatic amines is 1. The third kappa shape index (κ3) is 6.04. The highest BCUT2D eigenvalue weighted by molar-refractivity contribution is 8.06. The molecule has 2 aliphatic rings. The van der Waals surface area contributed by atoms with Gasteiger partial charge in [-0.05, 0) is 24.6 Å². The van der Waals surface area contributed by atoms with Crippen LogP contribution in [-0.4, -0.2) is 80.4 Å². The molecule has 7 N–H and O–H groups in total. The lowest BCUT2D eigenvalue weighted by molar-refractivity contribution is -0.0263. The van der Waals surface area contributed by atoms with Gasteiger partial charge in [0.2, 0.25) is 5.95 Å². The van der Waals surface area contributed by atoms with Crippen LogP contribution < -0.4 is 17.0 Å². The average Bonchev–Trinajstić information content (AvgIpc) is 3.71. The van der Waals surface area contributed by atoms with Gasteiger partial charge < -0.3 is 35.3 Å². The highest BCUT2D eigenvalue weighted by Gasteiger charge is 2.45. The summed E-state index contributed by atoms with van der Waals surface area (Å²) in [5, 5.41) is 4.16. The number of fused-ring (bicyclic) bond motifs is 2. The van der Waals surface area contributed by atoms with Crippen molar-refractivity contribution in [3.63, 3.8) is 0 Å². The smallest absolute Gasteiger partial charge is 0.381 e. The predicted molar refractivity (Wildman–Crippen MR) is 146 cm³/mol. The largest absolute Gasteiger partial charge is 0.697 e. The first kappa shape index (κ1) is 29.1. The standard InChI is InChI=1S/C20H24N10O9P2S/c21-16-18-23-4-10(30(18)26-7-24-16)11-3-12(13(38-11)6-36-41(33,34)42)39-40(32)35-5-9-1-2-14(37-9)29-8-25-15-17(29)27-20(22)28-19(15)31/h4,7-9,11-14H,1-3,5-6H2,(H6-,21,22,24,26,27,28,31,33,34,42)/p+1/t9-,11+,12?,13+,14+/m0/s1. The summed E-state index contributed by atoms with van der Waals surface area (Å²) in [6.45, 7) is -4.38. The fourth-order valence-corrected chi connectivity index (χ4v) is 6.18. The van der Waals surface area contributed by atoms with Gasteiger partial charge in [0.15, 0.2) is 22.6 Å². The van der Waals surface area contributed by atoms with Crippen LogP contribution in [0, 0.1) is 0 Å². The minimum absolute atomic E-state index is 0.0415. The van der Waals surface area contributed by atoms with Crippen LogP contribution in [-0.2, 0) is 39.4 Å². The molecule has 22 heteroatoms. The van der Waals surface area contributed by atoms with Crippen molar-refractivity contribution in [1.29, 1.82) is 0 Å². The second-order valence-corrected chi connectivity index (χ2v) is 13.1. The fraction of sp³-hybridized carbons (Fsp3) is 0.500. The molecule has 19 nitrogen and oxygen atoms in total. The summed E-state index contributed by atoms with van der Waals surface area (Å²) in [6, 6.07) is 0. The molecule has 2 aliphatic heterocycles. The Labute approximate surface area is 241 Å². The number of aromatic nitrogens is 8. The van der Waals surface area contributed by atoms with E-state index in [1.54, 1.807) is 4.57 Å². The van der Waals surface area contributed by atoms with Gasteiger partial charge in [-0.15, -0.1) is 9.05 Å². The molecule has 6 rings (SSSR count). The number of H-pyrrole nitrogens is 1. The third-order valence-electron chi connectivity index (χ3n) is 6.73. The zero-order chi connectivity index (χ0) is 29.6. The molecule has 224 valence electrons. The molecule has 0 saturated carbocycles. The fourth-order valence-electron chi connectivity index (χ4n) is 4.86. The molecule has 0 bridgehead atoms. The van der Waals surface area contributed by atoms with Crippen LogP contribution in [0.4, 0.5) is 11.8 Å². The highest BCUT2D eigenvalue weighted by atomic mass is 32.5. The van der Waals surface area contributed by atoms with Crippen LogP contribution in [0.15, 0.2) is 23.6 Å². The second kappa shape index (κ2) is 11.6. The number of hydrogen-bond donors (Lipinski definition) is 5. The third-order valence-corrected chi connectivity index (χ3v) is 8.33. The number of nitrogens with two attached hydrogens (primary N) is 2. The van der Waals surface area contributed by atoms with Crippen LogP contribution in [0.5, 0.6) is 0 Å². The molecular weight excluding hydrogens is 618 g/mol.